The molecule has 1 aliphatic heterocycles. The molecule has 1 aromatic rings. The molecular formula is C14H19N3O4. The van der Waals surface area contributed by atoms with Crippen LogP contribution in [0.3, 0.4) is 0 Å². The van der Waals surface area contributed by atoms with Gasteiger partial charge < -0.3 is 15.0 Å². The summed E-state index contributed by atoms with van der Waals surface area (Å²) in [5.41, 5.74) is 0.107. The number of nitrogens with zero attached hydrogens (tertiary/aromatic N) is 2. The normalized spacial score (nSPS) is 17.5. The van der Waals surface area contributed by atoms with E-state index in [1.807, 2.05) is 0 Å². The van der Waals surface area contributed by atoms with E-state index in [1.165, 1.54) is 17.0 Å². The van der Waals surface area contributed by atoms with Crippen molar-refractivity contribution in [3.63, 3.8) is 0 Å². The van der Waals surface area contributed by atoms with Crippen molar-refractivity contribution >= 4 is 11.6 Å². The predicted octanol–water partition coefficient (Wildman–Crippen LogP) is 1.28. The Kier molecular flexibility index (Phi) is 4.74. The van der Waals surface area contributed by atoms with Gasteiger partial charge in [0.15, 0.2) is 5.75 Å². The van der Waals surface area contributed by atoms with Gasteiger partial charge in [0, 0.05) is 38.2 Å². The van der Waals surface area contributed by atoms with E-state index in [0.29, 0.717) is 12.5 Å². The fraction of sp³-hybridized carbons (Fsp3) is 0.500. The molecule has 0 radical (unpaired) electrons. The Morgan fingerprint density at radius 3 is 2.86 bits per heavy atom. The van der Waals surface area contributed by atoms with Gasteiger partial charge in [-0.3, -0.25) is 14.9 Å². The number of ether oxygens (including phenoxy) is 1. The predicted molar refractivity (Wildman–Crippen MR) is 77.6 cm³/mol. The summed E-state index contributed by atoms with van der Waals surface area (Å²) in [6.07, 6.45) is 1.00. The molecular weight excluding hydrogens is 274 g/mol. The summed E-state index contributed by atoms with van der Waals surface area (Å²) in [7, 11) is 3.21. The lowest BCUT2D eigenvalue weighted by Gasteiger charge is -2.13. The van der Waals surface area contributed by atoms with Crippen LogP contribution in [0, 0.1) is 16.0 Å². The second-order valence-corrected chi connectivity index (χ2v) is 5.31. The second-order valence-electron chi connectivity index (χ2n) is 5.31. The van der Waals surface area contributed by atoms with E-state index >= 15 is 0 Å². The summed E-state index contributed by atoms with van der Waals surface area (Å²) < 4.78 is 5.57. The highest BCUT2D eigenvalue weighted by Gasteiger charge is 2.21. The number of rotatable bonds is 5. The Bertz CT molecular complexity index is 539. The van der Waals surface area contributed by atoms with Crippen molar-refractivity contribution in [3.05, 3.63) is 33.9 Å². The zero-order valence-corrected chi connectivity index (χ0v) is 12.2. The van der Waals surface area contributed by atoms with Crippen molar-refractivity contribution in [1.29, 1.82) is 0 Å². The van der Waals surface area contributed by atoms with Gasteiger partial charge in [0.25, 0.3) is 5.91 Å². The molecule has 1 heterocycles. The highest BCUT2D eigenvalue weighted by molar-refractivity contribution is 5.94. The number of nitro benzene ring substituents is 1. The molecule has 7 nitrogen and oxygen atoms in total. The van der Waals surface area contributed by atoms with Crippen LogP contribution >= 0.6 is 0 Å². The fourth-order valence-electron chi connectivity index (χ4n) is 2.24. The Morgan fingerprint density at radius 1 is 1.52 bits per heavy atom. The molecule has 1 atom stereocenters. The molecule has 0 bridgehead atoms. The third-order valence-electron chi connectivity index (χ3n) is 3.45. The number of amides is 1. The van der Waals surface area contributed by atoms with Crippen LogP contribution in [0.4, 0.5) is 5.69 Å². The quantitative estimate of drug-likeness (QED) is 0.653. The Balaban J connectivity index is 2.16. The van der Waals surface area contributed by atoms with Gasteiger partial charge in [0.2, 0.25) is 0 Å². The van der Waals surface area contributed by atoms with Crippen molar-refractivity contribution in [1.82, 2.24) is 10.2 Å². The average molecular weight is 293 g/mol. The molecule has 0 aromatic heterocycles. The van der Waals surface area contributed by atoms with E-state index in [9.17, 15) is 14.9 Å². The Morgan fingerprint density at radius 2 is 2.29 bits per heavy atom. The molecule has 7 heteroatoms. The lowest BCUT2D eigenvalue weighted by Crippen LogP contribution is -2.21. The summed E-state index contributed by atoms with van der Waals surface area (Å²) in [6, 6.07) is 4.32. The molecule has 1 saturated heterocycles. The monoisotopic (exact) mass is 293 g/mol. The van der Waals surface area contributed by atoms with Gasteiger partial charge in [-0.2, -0.15) is 0 Å². The summed E-state index contributed by atoms with van der Waals surface area (Å²) >= 11 is 0. The van der Waals surface area contributed by atoms with Gasteiger partial charge in [-0.05, 0) is 25.1 Å². The summed E-state index contributed by atoms with van der Waals surface area (Å²) in [5.74, 6) is 0.305. The van der Waals surface area contributed by atoms with Crippen LogP contribution in [-0.4, -0.2) is 49.5 Å². The minimum atomic E-state index is -0.519. The smallest absolute Gasteiger partial charge is 0.311 e. The summed E-state index contributed by atoms with van der Waals surface area (Å²) in [6.45, 7) is 2.26. The molecule has 1 fully saturated rings. The molecule has 0 spiro atoms. The van der Waals surface area contributed by atoms with Gasteiger partial charge in [0.05, 0.1) is 11.5 Å². The SMILES string of the molecule is CN(C)C(=O)c1ccc(OCC2CCNC2)c([N+](=O)[O-])c1. The fourth-order valence-corrected chi connectivity index (χ4v) is 2.24. The van der Waals surface area contributed by atoms with Crippen LogP contribution in [0.15, 0.2) is 18.2 Å². The van der Waals surface area contributed by atoms with Gasteiger partial charge >= 0.3 is 5.69 Å². The maximum Gasteiger partial charge on any atom is 0.311 e. The van der Waals surface area contributed by atoms with Gasteiger partial charge in [-0.1, -0.05) is 0 Å². The van der Waals surface area contributed by atoms with E-state index in [4.69, 9.17) is 4.74 Å². The molecule has 1 aliphatic rings. The first-order chi connectivity index (χ1) is 9.99. The van der Waals surface area contributed by atoms with Crippen LogP contribution < -0.4 is 10.1 Å². The first kappa shape index (κ1) is 15.2. The molecule has 114 valence electrons. The minimum Gasteiger partial charge on any atom is -0.486 e. The number of nitrogens with one attached hydrogen (secondary N) is 1. The Labute approximate surface area is 123 Å². The van der Waals surface area contributed by atoms with Crippen LogP contribution in [-0.2, 0) is 0 Å². The van der Waals surface area contributed by atoms with E-state index in [-0.39, 0.29) is 22.9 Å². The van der Waals surface area contributed by atoms with Crippen molar-refractivity contribution in [2.75, 3.05) is 33.8 Å². The van der Waals surface area contributed by atoms with Crippen LogP contribution in [0.2, 0.25) is 0 Å². The number of hydrogen-bond donors (Lipinski definition) is 1. The van der Waals surface area contributed by atoms with Crippen LogP contribution in [0.25, 0.3) is 0 Å². The van der Waals surface area contributed by atoms with Gasteiger partial charge in [0.1, 0.15) is 0 Å². The van der Waals surface area contributed by atoms with Crippen molar-refractivity contribution in [2.24, 2.45) is 5.92 Å². The van der Waals surface area contributed by atoms with E-state index < -0.39 is 4.92 Å². The van der Waals surface area contributed by atoms with Crippen LogP contribution in [0.5, 0.6) is 5.75 Å². The largest absolute Gasteiger partial charge is 0.486 e. The third-order valence-corrected chi connectivity index (χ3v) is 3.45. The average Bonchev–Trinajstić information content (AvgIpc) is 2.97. The van der Waals surface area contributed by atoms with Crippen LogP contribution in [0.1, 0.15) is 16.8 Å². The van der Waals surface area contributed by atoms with Gasteiger partial charge in [-0.15, -0.1) is 0 Å². The summed E-state index contributed by atoms with van der Waals surface area (Å²) in [4.78, 5) is 23.9. The maximum atomic E-state index is 11.9. The molecule has 1 aromatic carbocycles. The number of benzene rings is 1. The van der Waals surface area contributed by atoms with E-state index in [0.717, 1.165) is 19.5 Å². The third kappa shape index (κ3) is 3.69. The molecule has 2 rings (SSSR count). The molecule has 1 unspecified atom stereocenters. The zero-order valence-electron chi connectivity index (χ0n) is 12.2. The van der Waals surface area contributed by atoms with E-state index in [1.54, 1.807) is 20.2 Å². The first-order valence-corrected chi connectivity index (χ1v) is 6.82. The number of nitro groups is 1. The molecule has 0 aliphatic carbocycles. The lowest BCUT2D eigenvalue weighted by molar-refractivity contribution is -0.385. The molecule has 1 amide bonds. The molecule has 21 heavy (non-hydrogen) atoms. The lowest BCUT2D eigenvalue weighted by atomic mass is 10.1. The molecule has 1 N–H and O–H groups in total. The van der Waals surface area contributed by atoms with Crippen molar-refractivity contribution in [3.8, 4) is 5.75 Å². The van der Waals surface area contributed by atoms with Crippen molar-refractivity contribution in [2.45, 2.75) is 6.42 Å². The maximum absolute atomic E-state index is 11.9. The topological polar surface area (TPSA) is 84.7 Å². The zero-order chi connectivity index (χ0) is 15.4. The van der Waals surface area contributed by atoms with Gasteiger partial charge in [-0.25, -0.2) is 0 Å². The number of carbonyl (C=O) groups excluding carboxylic acids is 1. The van der Waals surface area contributed by atoms with Crippen molar-refractivity contribution < 1.29 is 14.5 Å². The Hall–Kier alpha value is -2.15. The minimum absolute atomic E-state index is 0.173. The highest BCUT2D eigenvalue weighted by Crippen LogP contribution is 2.29. The second kappa shape index (κ2) is 6.53. The molecule has 0 saturated carbocycles. The van der Waals surface area contributed by atoms with E-state index in [2.05, 4.69) is 5.32 Å². The first-order valence-electron chi connectivity index (χ1n) is 6.82. The number of carbonyl (C=O) groups is 1. The standard InChI is InChI=1S/C14H19N3O4/c1-16(2)14(18)11-3-4-13(12(7-11)17(19)20)21-9-10-5-6-15-8-10/h3-4,7,10,15H,5-6,8-9H2,1-2H3. The number of hydrogen-bond acceptors (Lipinski definition) is 5. The summed E-state index contributed by atoms with van der Waals surface area (Å²) in [5, 5.41) is 14.4. The highest BCUT2D eigenvalue weighted by atomic mass is 16.6.